The number of amides is 1. The van der Waals surface area contributed by atoms with Crippen LogP contribution in [0, 0.1) is 5.82 Å². The van der Waals surface area contributed by atoms with Gasteiger partial charge in [0.25, 0.3) is 0 Å². The van der Waals surface area contributed by atoms with Crippen LogP contribution in [-0.4, -0.2) is 17.0 Å². The molecule has 2 aromatic rings. The third kappa shape index (κ3) is 4.13. The lowest BCUT2D eigenvalue weighted by molar-refractivity contribution is -0.115. The summed E-state index contributed by atoms with van der Waals surface area (Å²) in [6.45, 7) is 0. The molecule has 0 spiro atoms. The summed E-state index contributed by atoms with van der Waals surface area (Å²) in [5.74, 6) is -1.67. The van der Waals surface area contributed by atoms with Gasteiger partial charge in [-0.3, -0.25) is 4.79 Å². The molecule has 0 aliphatic carbocycles. The lowest BCUT2D eigenvalue weighted by Gasteiger charge is -2.08. The van der Waals surface area contributed by atoms with Crippen molar-refractivity contribution in [2.75, 3.05) is 5.32 Å². The minimum Gasteiger partial charge on any atom is -0.478 e. The number of halogens is 2. The van der Waals surface area contributed by atoms with E-state index < -0.39 is 5.97 Å². The second-order valence-corrected chi connectivity index (χ2v) is 5.21. The number of nitrogens with one attached hydrogen (secondary N) is 1. The van der Waals surface area contributed by atoms with E-state index in [1.54, 1.807) is 0 Å². The standard InChI is InChI=1S/C15H11BrFNO3/c16-12-8-10(15(20)21)3-6-13(12)18-14(19)7-9-1-4-11(17)5-2-9/h1-6,8H,7H2,(H,18,19)(H,20,21). The Balaban J connectivity index is 2.06. The van der Waals surface area contributed by atoms with E-state index in [4.69, 9.17) is 5.11 Å². The second kappa shape index (κ2) is 6.49. The highest BCUT2D eigenvalue weighted by Gasteiger charge is 2.10. The third-order valence-corrected chi connectivity index (χ3v) is 3.42. The van der Waals surface area contributed by atoms with E-state index in [9.17, 15) is 14.0 Å². The number of anilines is 1. The first-order valence-corrected chi connectivity index (χ1v) is 6.82. The van der Waals surface area contributed by atoms with Crippen LogP contribution < -0.4 is 5.32 Å². The van der Waals surface area contributed by atoms with Crippen LogP contribution in [0.15, 0.2) is 46.9 Å². The van der Waals surface area contributed by atoms with Crippen molar-refractivity contribution in [1.82, 2.24) is 0 Å². The van der Waals surface area contributed by atoms with Gasteiger partial charge in [-0.2, -0.15) is 0 Å². The van der Waals surface area contributed by atoms with Gasteiger partial charge in [-0.05, 0) is 51.8 Å². The van der Waals surface area contributed by atoms with E-state index >= 15 is 0 Å². The van der Waals surface area contributed by atoms with Gasteiger partial charge < -0.3 is 10.4 Å². The van der Waals surface area contributed by atoms with Gasteiger partial charge >= 0.3 is 5.97 Å². The molecule has 0 aliphatic heterocycles. The zero-order valence-corrected chi connectivity index (χ0v) is 12.4. The van der Waals surface area contributed by atoms with E-state index in [1.165, 1.54) is 42.5 Å². The molecule has 1 amide bonds. The van der Waals surface area contributed by atoms with Crippen molar-refractivity contribution in [2.45, 2.75) is 6.42 Å². The fourth-order valence-corrected chi connectivity index (χ4v) is 2.21. The normalized spacial score (nSPS) is 10.2. The monoisotopic (exact) mass is 351 g/mol. The average Bonchev–Trinajstić information content (AvgIpc) is 2.43. The molecule has 0 aliphatic rings. The number of aromatic carboxylic acids is 1. The Morgan fingerprint density at radius 3 is 2.38 bits per heavy atom. The van der Waals surface area contributed by atoms with Gasteiger partial charge in [-0.15, -0.1) is 0 Å². The van der Waals surface area contributed by atoms with Crippen LogP contribution in [0.5, 0.6) is 0 Å². The minimum absolute atomic E-state index is 0.105. The van der Waals surface area contributed by atoms with E-state index in [0.29, 0.717) is 15.7 Å². The van der Waals surface area contributed by atoms with Crippen LogP contribution >= 0.6 is 15.9 Å². The SMILES string of the molecule is O=C(Cc1ccc(F)cc1)Nc1ccc(C(=O)O)cc1Br. The van der Waals surface area contributed by atoms with Crippen molar-refractivity contribution in [3.05, 3.63) is 63.9 Å². The van der Waals surface area contributed by atoms with Gasteiger partial charge in [0, 0.05) is 4.47 Å². The fourth-order valence-electron chi connectivity index (χ4n) is 1.73. The molecule has 4 nitrogen and oxygen atoms in total. The molecule has 2 aromatic carbocycles. The Bertz CT molecular complexity index is 686. The van der Waals surface area contributed by atoms with Crippen molar-refractivity contribution < 1.29 is 19.1 Å². The zero-order valence-electron chi connectivity index (χ0n) is 10.8. The molecule has 0 fully saturated rings. The van der Waals surface area contributed by atoms with Crippen LogP contribution in [0.2, 0.25) is 0 Å². The van der Waals surface area contributed by atoms with E-state index in [-0.39, 0.29) is 23.7 Å². The van der Waals surface area contributed by atoms with Crippen molar-refractivity contribution in [2.24, 2.45) is 0 Å². The number of carboxylic acids is 1. The number of hydrogen-bond acceptors (Lipinski definition) is 2. The smallest absolute Gasteiger partial charge is 0.335 e. The Hall–Kier alpha value is -2.21. The topological polar surface area (TPSA) is 66.4 Å². The third-order valence-electron chi connectivity index (χ3n) is 2.77. The molecule has 0 saturated heterocycles. The predicted molar refractivity (Wildman–Crippen MR) is 79.8 cm³/mol. The number of benzene rings is 2. The van der Waals surface area contributed by atoms with Gasteiger partial charge in [0.2, 0.25) is 5.91 Å². The highest BCUT2D eigenvalue weighted by atomic mass is 79.9. The fraction of sp³-hybridized carbons (Fsp3) is 0.0667. The van der Waals surface area contributed by atoms with Crippen molar-refractivity contribution in [3.8, 4) is 0 Å². The Morgan fingerprint density at radius 2 is 1.81 bits per heavy atom. The first kappa shape index (κ1) is 15.2. The summed E-state index contributed by atoms with van der Waals surface area (Å²) in [6.07, 6.45) is 0.105. The Kier molecular flexibility index (Phi) is 4.70. The van der Waals surface area contributed by atoms with Gasteiger partial charge in [-0.1, -0.05) is 12.1 Å². The molecule has 2 rings (SSSR count). The maximum Gasteiger partial charge on any atom is 0.335 e. The Labute approximate surface area is 128 Å². The number of rotatable bonds is 4. The predicted octanol–water partition coefficient (Wildman–Crippen LogP) is 3.47. The molecule has 0 unspecified atom stereocenters. The number of carboxylic acid groups (broad SMARTS) is 1. The van der Waals surface area contributed by atoms with Gasteiger partial charge in [-0.25, -0.2) is 9.18 Å². The van der Waals surface area contributed by atoms with Gasteiger partial charge in [0.1, 0.15) is 5.82 Å². The van der Waals surface area contributed by atoms with E-state index in [0.717, 1.165) is 0 Å². The maximum absolute atomic E-state index is 12.8. The maximum atomic E-state index is 12.8. The molecule has 0 radical (unpaired) electrons. The van der Waals surface area contributed by atoms with Crippen LogP contribution in [-0.2, 0) is 11.2 Å². The minimum atomic E-state index is -1.04. The second-order valence-electron chi connectivity index (χ2n) is 4.35. The molecule has 0 atom stereocenters. The summed E-state index contributed by atoms with van der Waals surface area (Å²) in [7, 11) is 0. The van der Waals surface area contributed by atoms with Crippen molar-refractivity contribution in [1.29, 1.82) is 0 Å². The molecule has 0 heterocycles. The van der Waals surface area contributed by atoms with Crippen LogP contribution in [0.25, 0.3) is 0 Å². The number of hydrogen-bond donors (Lipinski definition) is 2. The van der Waals surface area contributed by atoms with Crippen LogP contribution in [0.4, 0.5) is 10.1 Å². The molecule has 6 heteroatoms. The molecular formula is C15H11BrFNO3. The van der Waals surface area contributed by atoms with Crippen molar-refractivity contribution in [3.63, 3.8) is 0 Å². The largest absolute Gasteiger partial charge is 0.478 e. The summed E-state index contributed by atoms with van der Waals surface area (Å²) in [6, 6.07) is 9.99. The summed E-state index contributed by atoms with van der Waals surface area (Å²) in [4.78, 5) is 22.7. The van der Waals surface area contributed by atoms with Crippen molar-refractivity contribution >= 4 is 33.5 Å². The highest BCUT2D eigenvalue weighted by Crippen LogP contribution is 2.24. The van der Waals surface area contributed by atoms with Crippen LogP contribution in [0.3, 0.4) is 0 Å². The molecule has 0 saturated carbocycles. The molecule has 108 valence electrons. The van der Waals surface area contributed by atoms with Crippen LogP contribution in [0.1, 0.15) is 15.9 Å². The zero-order chi connectivity index (χ0) is 15.4. The van der Waals surface area contributed by atoms with Gasteiger partial charge in [0.15, 0.2) is 0 Å². The first-order valence-electron chi connectivity index (χ1n) is 6.03. The first-order chi connectivity index (χ1) is 9.95. The molecular weight excluding hydrogens is 341 g/mol. The number of carbonyl (C=O) groups is 2. The summed E-state index contributed by atoms with van der Waals surface area (Å²) in [5.41, 5.74) is 1.29. The van der Waals surface area contributed by atoms with E-state index in [1.807, 2.05) is 0 Å². The number of carbonyl (C=O) groups excluding carboxylic acids is 1. The molecule has 0 aromatic heterocycles. The molecule has 2 N–H and O–H groups in total. The average molecular weight is 352 g/mol. The summed E-state index contributed by atoms with van der Waals surface area (Å²) < 4.78 is 13.3. The highest BCUT2D eigenvalue weighted by molar-refractivity contribution is 9.10. The molecule has 0 bridgehead atoms. The summed E-state index contributed by atoms with van der Waals surface area (Å²) >= 11 is 3.21. The lowest BCUT2D eigenvalue weighted by Crippen LogP contribution is -2.15. The van der Waals surface area contributed by atoms with E-state index in [2.05, 4.69) is 21.2 Å². The Morgan fingerprint density at radius 1 is 1.14 bits per heavy atom. The quantitative estimate of drug-likeness (QED) is 0.886. The molecule has 21 heavy (non-hydrogen) atoms. The lowest BCUT2D eigenvalue weighted by atomic mass is 10.1. The van der Waals surface area contributed by atoms with Gasteiger partial charge in [0.05, 0.1) is 17.7 Å². The summed E-state index contributed by atoms with van der Waals surface area (Å²) in [5, 5.41) is 11.5.